The SMILES string of the molecule is CC/C=C\C/C=C\C/C=C\C/C=C\C/C=C\C/C=C\C/C=C\CCCCCCCCCCCC(=O)OCC(COC(=O)CCCCCCC/C=C\CCC)OC(=O)CCCCCCC/C=C\CCCCC. The van der Waals surface area contributed by atoms with Crippen molar-refractivity contribution in [1.82, 2.24) is 0 Å². The third-order valence-corrected chi connectivity index (χ3v) is 12.2. The van der Waals surface area contributed by atoms with Crippen molar-refractivity contribution in [3.63, 3.8) is 0 Å². The highest BCUT2D eigenvalue weighted by molar-refractivity contribution is 5.71. The lowest BCUT2D eigenvalue weighted by Crippen LogP contribution is -2.30. The summed E-state index contributed by atoms with van der Waals surface area (Å²) in [5.74, 6) is -0.914. The predicted molar refractivity (Wildman–Crippen MR) is 307 cm³/mol. The van der Waals surface area contributed by atoms with Crippen molar-refractivity contribution < 1.29 is 28.6 Å². The van der Waals surface area contributed by atoms with Crippen LogP contribution >= 0.6 is 0 Å². The van der Waals surface area contributed by atoms with Crippen LogP contribution in [0.3, 0.4) is 0 Å². The molecule has 0 aliphatic heterocycles. The van der Waals surface area contributed by atoms with Gasteiger partial charge in [0.25, 0.3) is 0 Å². The molecule has 0 aromatic rings. The number of unbranched alkanes of at least 4 members (excludes halogenated alkanes) is 23. The van der Waals surface area contributed by atoms with E-state index in [2.05, 4.69) is 130 Å². The summed E-state index contributed by atoms with van der Waals surface area (Å²) in [5.41, 5.74) is 0. The summed E-state index contributed by atoms with van der Waals surface area (Å²) >= 11 is 0. The zero-order valence-corrected chi connectivity index (χ0v) is 46.2. The molecule has 0 saturated heterocycles. The summed E-state index contributed by atoms with van der Waals surface area (Å²) in [6.45, 7) is 6.42. The van der Waals surface area contributed by atoms with Gasteiger partial charge in [-0.3, -0.25) is 14.4 Å². The standard InChI is InChI=1S/C65H108O6/c1-4-7-10-13-16-19-22-24-25-26-27-28-29-30-31-32-33-34-35-36-37-38-39-40-41-42-44-46-49-52-55-58-64(67)70-61-62(60-69-63(66)57-54-51-48-45-21-18-15-12-9-6-3)71-65(68)59-56-53-50-47-43-23-20-17-14-11-8-5-2/h7,10,12,15-17,19-20,24-25,27-28,30-31,33-34,36-37,62H,4-6,8-9,11,13-14,18,21-23,26,29,32,35,38-61H2,1-3H3/b10-7-,15-12-,19-16-,20-17-,25-24-,28-27-,31-30-,34-33-,37-36-. The average Bonchev–Trinajstić information content (AvgIpc) is 3.37. The molecule has 0 saturated carbocycles. The maximum absolute atomic E-state index is 12.8. The molecule has 0 aromatic heterocycles. The number of ether oxygens (including phenoxy) is 3. The van der Waals surface area contributed by atoms with Crippen LogP contribution in [0.1, 0.15) is 265 Å². The molecule has 0 bridgehead atoms. The van der Waals surface area contributed by atoms with E-state index in [4.69, 9.17) is 14.2 Å². The van der Waals surface area contributed by atoms with Crippen molar-refractivity contribution in [2.45, 2.75) is 271 Å². The van der Waals surface area contributed by atoms with Gasteiger partial charge in [0.05, 0.1) is 0 Å². The fraction of sp³-hybridized carbons (Fsp3) is 0.677. The average molecular weight is 986 g/mol. The minimum atomic E-state index is -0.787. The number of allylic oxidation sites excluding steroid dienone is 18. The van der Waals surface area contributed by atoms with Crippen molar-refractivity contribution >= 4 is 17.9 Å². The summed E-state index contributed by atoms with van der Waals surface area (Å²) in [6.07, 6.45) is 79.5. The maximum Gasteiger partial charge on any atom is 0.306 e. The van der Waals surface area contributed by atoms with E-state index in [9.17, 15) is 14.4 Å². The number of carbonyl (C=O) groups is 3. The van der Waals surface area contributed by atoms with Gasteiger partial charge in [-0.05, 0) is 122 Å². The van der Waals surface area contributed by atoms with Crippen molar-refractivity contribution in [3.05, 3.63) is 109 Å². The third-order valence-electron chi connectivity index (χ3n) is 12.2. The highest BCUT2D eigenvalue weighted by Gasteiger charge is 2.19. The molecule has 71 heavy (non-hydrogen) atoms. The van der Waals surface area contributed by atoms with Crippen LogP contribution in [-0.4, -0.2) is 37.2 Å². The lowest BCUT2D eigenvalue weighted by Gasteiger charge is -2.18. The normalized spacial score (nSPS) is 12.9. The van der Waals surface area contributed by atoms with Crippen molar-refractivity contribution in [2.75, 3.05) is 13.2 Å². The Bertz CT molecular complexity index is 1460. The first-order valence-corrected chi connectivity index (χ1v) is 29.4. The zero-order chi connectivity index (χ0) is 51.4. The smallest absolute Gasteiger partial charge is 0.306 e. The maximum atomic E-state index is 12.8. The fourth-order valence-corrected chi connectivity index (χ4v) is 7.83. The predicted octanol–water partition coefficient (Wildman–Crippen LogP) is 19.9. The van der Waals surface area contributed by atoms with Crippen LogP contribution in [-0.2, 0) is 28.6 Å². The quantitative estimate of drug-likeness (QED) is 0.0261. The van der Waals surface area contributed by atoms with Crippen LogP contribution in [0.25, 0.3) is 0 Å². The van der Waals surface area contributed by atoms with Gasteiger partial charge in [0.2, 0.25) is 0 Å². The highest BCUT2D eigenvalue weighted by Crippen LogP contribution is 2.14. The summed E-state index contributed by atoms with van der Waals surface area (Å²) < 4.78 is 16.8. The van der Waals surface area contributed by atoms with Gasteiger partial charge in [0, 0.05) is 19.3 Å². The van der Waals surface area contributed by atoms with E-state index >= 15 is 0 Å². The molecular weight excluding hydrogens is 877 g/mol. The summed E-state index contributed by atoms with van der Waals surface area (Å²) in [4.78, 5) is 38.0. The van der Waals surface area contributed by atoms with Gasteiger partial charge in [0.15, 0.2) is 6.10 Å². The van der Waals surface area contributed by atoms with Crippen LogP contribution in [0.5, 0.6) is 0 Å². The number of esters is 3. The van der Waals surface area contributed by atoms with Crippen LogP contribution in [0.15, 0.2) is 109 Å². The summed E-state index contributed by atoms with van der Waals surface area (Å²) in [5, 5.41) is 0. The highest BCUT2D eigenvalue weighted by atomic mass is 16.6. The minimum absolute atomic E-state index is 0.0875. The van der Waals surface area contributed by atoms with Gasteiger partial charge in [0.1, 0.15) is 13.2 Å². The Morgan fingerprint density at radius 2 is 0.577 bits per heavy atom. The van der Waals surface area contributed by atoms with Gasteiger partial charge in [-0.1, -0.05) is 233 Å². The van der Waals surface area contributed by atoms with Gasteiger partial charge in [-0.25, -0.2) is 0 Å². The van der Waals surface area contributed by atoms with Gasteiger partial charge in [-0.2, -0.15) is 0 Å². The Balaban J connectivity index is 4.19. The molecule has 0 aliphatic carbocycles. The van der Waals surface area contributed by atoms with E-state index in [1.165, 1.54) is 83.5 Å². The molecule has 1 atom stereocenters. The first-order valence-electron chi connectivity index (χ1n) is 29.4. The largest absolute Gasteiger partial charge is 0.462 e. The van der Waals surface area contributed by atoms with E-state index in [1.54, 1.807) is 0 Å². The molecule has 1 unspecified atom stereocenters. The van der Waals surface area contributed by atoms with Gasteiger partial charge < -0.3 is 14.2 Å². The van der Waals surface area contributed by atoms with Crippen molar-refractivity contribution in [2.24, 2.45) is 0 Å². The van der Waals surface area contributed by atoms with E-state index in [-0.39, 0.29) is 31.1 Å². The Morgan fingerprint density at radius 1 is 0.296 bits per heavy atom. The molecule has 0 rings (SSSR count). The Kier molecular flexibility index (Phi) is 55.4. The van der Waals surface area contributed by atoms with E-state index < -0.39 is 6.10 Å². The topological polar surface area (TPSA) is 78.9 Å². The molecule has 0 aromatic carbocycles. The van der Waals surface area contributed by atoms with Crippen LogP contribution in [0.2, 0.25) is 0 Å². The Morgan fingerprint density at radius 3 is 0.930 bits per heavy atom. The molecule has 404 valence electrons. The van der Waals surface area contributed by atoms with E-state index in [0.29, 0.717) is 19.3 Å². The molecule has 0 spiro atoms. The summed E-state index contributed by atoms with van der Waals surface area (Å²) in [6, 6.07) is 0. The van der Waals surface area contributed by atoms with Crippen LogP contribution < -0.4 is 0 Å². The molecular formula is C65H108O6. The number of hydrogen-bond acceptors (Lipinski definition) is 6. The minimum Gasteiger partial charge on any atom is -0.462 e. The zero-order valence-electron chi connectivity index (χ0n) is 46.2. The third kappa shape index (κ3) is 56.9. The second kappa shape index (κ2) is 58.6. The lowest BCUT2D eigenvalue weighted by atomic mass is 10.1. The second-order valence-corrected chi connectivity index (χ2v) is 19.2. The van der Waals surface area contributed by atoms with E-state index in [0.717, 1.165) is 141 Å². The monoisotopic (exact) mass is 985 g/mol. The molecule has 0 radical (unpaired) electrons. The first-order chi connectivity index (χ1) is 35.0. The lowest BCUT2D eigenvalue weighted by molar-refractivity contribution is -0.167. The van der Waals surface area contributed by atoms with Crippen molar-refractivity contribution in [1.29, 1.82) is 0 Å². The van der Waals surface area contributed by atoms with Gasteiger partial charge >= 0.3 is 17.9 Å². The van der Waals surface area contributed by atoms with E-state index in [1.807, 2.05) is 0 Å². The molecule has 0 N–H and O–H groups in total. The number of carbonyl (C=O) groups excluding carboxylic acids is 3. The Labute approximate surface area is 438 Å². The number of rotatable bonds is 52. The molecule has 0 amide bonds. The second-order valence-electron chi connectivity index (χ2n) is 19.2. The van der Waals surface area contributed by atoms with Crippen molar-refractivity contribution in [3.8, 4) is 0 Å². The van der Waals surface area contributed by atoms with Crippen LogP contribution in [0.4, 0.5) is 0 Å². The molecule has 6 nitrogen and oxygen atoms in total. The molecule has 0 fully saturated rings. The van der Waals surface area contributed by atoms with Crippen LogP contribution in [0, 0.1) is 0 Å². The Hall–Kier alpha value is -3.93. The van der Waals surface area contributed by atoms with Gasteiger partial charge in [-0.15, -0.1) is 0 Å². The first kappa shape index (κ1) is 67.1. The number of hydrogen-bond donors (Lipinski definition) is 0. The summed E-state index contributed by atoms with van der Waals surface area (Å²) in [7, 11) is 0. The molecule has 6 heteroatoms. The molecule has 0 heterocycles. The fourth-order valence-electron chi connectivity index (χ4n) is 7.83. The molecule has 0 aliphatic rings.